The Balaban J connectivity index is 2.06. The number of benzene rings is 1. The lowest BCUT2D eigenvalue weighted by atomic mass is 10.2. The third-order valence-electron chi connectivity index (χ3n) is 2.51. The first kappa shape index (κ1) is 14.3. The van der Waals surface area contributed by atoms with E-state index in [0.29, 0.717) is 34.8 Å². The molecule has 2 rings (SSSR count). The van der Waals surface area contributed by atoms with Crippen molar-refractivity contribution >= 4 is 23.2 Å². The van der Waals surface area contributed by atoms with Crippen LogP contribution in [0.15, 0.2) is 28.8 Å². The molecule has 0 aliphatic heterocycles. The number of rotatable bonds is 6. The van der Waals surface area contributed by atoms with Crippen molar-refractivity contribution in [1.82, 2.24) is 10.3 Å². The van der Waals surface area contributed by atoms with Crippen LogP contribution in [0.2, 0.25) is 10.0 Å². The van der Waals surface area contributed by atoms with E-state index in [9.17, 15) is 0 Å². The zero-order valence-corrected chi connectivity index (χ0v) is 12.0. The quantitative estimate of drug-likeness (QED) is 0.831. The molecule has 0 fully saturated rings. The van der Waals surface area contributed by atoms with Crippen LogP contribution in [0.25, 0.3) is 11.3 Å². The summed E-state index contributed by atoms with van der Waals surface area (Å²) in [5.74, 6) is 1.21. The molecule has 19 heavy (non-hydrogen) atoms. The van der Waals surface area contributed by atoms with Gasteiger partial charge in [0.25, 0.3) is 0 Å². The Kier molecular flexibility index (Phi) is 5.22. The predicted octanol–water partition coefficient (Wildman–Crippen LogP) is 3.38. The maximum absolute atomic E-state index is 6.11. The van der Waals surface area contributed by atoms with E-state index in [1.165, 1.54) is 0 Å². The maximum atomic E-state index is 6.11. The van der Waals surface area contributed by atoms with Crippen LogP contribution in [0.4, 0.5) is 0 Å². The molecule has 1 N–H and O–H groups in total. The van der Waals surface area contributed by atoms with E-state index in [0.717, 1.165) is 12.1 Å². The third kappa shape index (κ3) is 3.94. The van der Waals surface area contributed by atoms with E-state index in [2.05, 4.69) is 10.3 Å². The van der Waals surface area contributed by atoms with Crippen molar-refractivity contribution in [2.45, 2.75) is 6.54 Å². The van der Waals surface area contributed by atoms with Crippen LogP contribution in [-0.2, 0) is 11.3 Å². The summed E-state index contributed by atoms with van der Waals surface area (Å²) in [5.41, 5.74) is 0.741. The van der Waals surface area contributed by atoms with Crippen molar-refractivity contribution in [3.05, 3.63) is 40.3 Å². The number of ether oxygens (including phenoxy) is 1. The van der Waals surface area contributed by atoms with Crippen molar-refractivity contribution in [2.24, 2.45) is 0 Å². The van der Waals surface area contributed by atoms with E-state index in [-0.39, 0.29) is 0 Å². The molecule has 102 valence electrons. The fourth-order valence-corrected chi connectivity index (χ4v) is 1.96. The zero-order valence-electron chi connectivity index (χ0n) is 10.5. The summed E-state index contributed by atoms with van der Waals surface area (Å²) >= 11 is 12.1. The second-order valence-electron chi connectivity index (χ2n) is 3.91. The third-order valence-corrected chi connectivity index (χ3v) is 3.07. The Morgan fingerprint density at radius 3 is 3.00 bits per heavy atom. The van der Waals surface area contributed by atoms with Crippen molar-refractivity contribution in [3.8, 4) is 11.3 Å². The molecular formula is C13H14Cl2N2O2. The van der Waals surface area contributed by atoms with Gasteiger partial charge in [0.05, 0.1) is 24.4 Å². The van der Waals surface area contributed by atoms with Gasteiger partial charge in [0.1, 0.15) is 0 Å². The number of hydrogen-bond acceptors (Lipinski definition) is 4. The highest BCUT2D eigenvalue weighted by Gasteiger charge is 2.10. The Bertz CT molecular complexity index is 543. The SMILES string of the molecule is COCCNCc1ncc(-c2cc(Cl)ccc2Cl)o1. The van der Waals surface area contributed by atoms with E-state index in [4.69, 9.17) is 32.4 Å². The van der Waals surface area contributed by atoms with Gasteiger partial charge in [0.2, 0.25) is 5.89 Å². The summed E-state index contributed by atoms with van der Waals surface area (Å²) in [7, 11) is 1.66. The van der Waals surface area contributed by atoms with Crippen molar-refractivity contribution < 1.29 is 9.15 Å². The highest BCUT2D eigenvalue weighted by Crippen LogP contribution is 2.30. The van der Waals surface area contributed by atoms with E-state index >= 15 is 0 Å². The zero-order chi connectivity index (χ0) is 13.7. The molecule has 0 saturated heterocycles. The van der Waals surface area contributed by atoms with Gasteiger partial charge in [-0.3, -0.25) is 0 Å². The highest BCUT2D eigenvalue weighted by molar-refractivity contribution is 6.35. The van der Waals surface area contributed by atoms with Gasteiger partial charge in [-0.25, -0.2) is 4.98 Å². The summed E-state index contributed by atoms with van der Waals surface area (Å²) in [6.45, 7) is 1.93. The number of oxazole rings is 1. The minimum absolute atomic E-state index is 0.543. The molecule has 0 aliphatic rings. The second kappa shape index (κ2) is 6.91. The van der Waals surface area contributed by atoms with E-state index in [1.807, 2.05) is 0 Å². The first-order valence-corrected chi connectivity index (χ1v) is 6.56. The molecule has 0 saturated carbocycles. The van der Waals surface area contributed by atoms with Gasteiger partial charge in [-0.2, -0.15) is 0 Å². The molecule has 0 aliphatic carbocycles. The average Bonchev–Trinajstić information content (AvgIpc) is 2.86. The standard InChI is InChI=1S/C13H14Cl2N2O2/c1-18-5-4-16-8-13-17-7-12(19-13)10-6-9(14)2-3-11(10)15/h2-3,6-7,16H,4-5,8H2,1H3. The fourth-order valence-electron chi connectivity index (χ4n) is 1.57. The van der Waals surface area contributed by atoms with Crippen LogP contribution in [-0.4, -0.2) is 25.2 Å². The molecule has 0 radical (unpaired) electrons. The summed E-state index contributed by atoms with van der Waals surface area (Å²) in [6.07, 6.45) is 1.64. The molecule has 0 amide bonds. The Labute approximate surface area is 121 Å². The number of hydrogen-bond donors (Lipinski definition) is 1. The smallest absolute Gasteiger partial charge is 0.208 e. The lowest BCUT2D eigenvalue weighted by Gasteiger charge is -2.01. The summed E-state index contributed by atoms with van der Waals surface area (Å²) < 4.78 is 10.6. The van der Waals surface area contributed by atoms with Crippen LogP contribution >= 0.6 is 23.2 Å². The average molecular weight is 301 g/mol. The van der Waals surface area contributed by atoms with Gasteiger partial charge in [-0.05, 0) is 18.2 Å². The molecule has 2 aromatic rings. The summed E-state index contributed by atoms with van der Waals surface area (Å²) in [4.78, 5) is 4.19. The van der Waals surface area contributed by atoms with Gasteiger partial charge in [-0.15, -0.1) is 0 Å². The molecule has 1 aromatic heterocycles. The van der Waals surface area contributed by atoms with Crippen LogP contribution in [0, 0.1) is 0 Å². The molecule has 0 atom stereocenters. The van der Waals surface area contributed by atoms with Crippen molar-refractivity contribution in [1.29, 1.82) is 0 Å². The molecule has 6 heteroatoms. The lowest BCUT2D eigenvalue weighted by Crippen LogP contribution is -2.18. The van der Waals surface area contributed by atoms with Gasteiger partial charge in [0, 0.05) is 24.2 Å². The van der Waals surface area contributed by atoms with Crippen LogP contribution in [0.5, 0.6) is 0 Å². The van der Waals surface area contributed by atoms with Crippen molar-refractivity contribution in [2.75, 3.05) is 20.3 Å². The molecule has 1 aromatic carbocycles. The highest BCUT2D eigenvalue weighted by atomic mass is 35.5. The van der Waals surface area contributed by atoms with Crippen LogP contribution < -0.4 is 5.32 Å². The second-order valence-corrected chi connectivity index (χ2v) is 4.76. The minimum Gasteiger partial charge on any atom is -0.439 e. The molecular weight excluding hydrogens is 287 g/mol. The molecule has 1 heterocycles. The van der Waals surface area contributed by atoms with Crippen LogP contribution in [0.1, 0.15) is 5.89 Å². The minimum atomic E-state index is 0.543. The number of nitrogens with zero attached hydrogens (tertiary/aromatic N) is 1. The summed E-state index contributed by atoms with van der Waals surface area (Å²) in [6, 6.07) is 5.22. The van der Waals surface area contributed by atoms with Gasteiger partial charge >= 0.3 is 0 Å². The number of methoxy groups -OCH3 is 1. The Morgan fingerprint density at radius 1 is 1.37 bits per heavy atom. The predicted molar refractivity (Wildman–Crippen MR) is 75.5 cm³/mol. The first-order valence-electron chi connectivity index (χ1n) is 5.80. The Morgan fingerprint density at radius 2 is 2.21 bits per heavy atom. The van der Waals surface area contributed by atoms with Gasteiger partial charge in [0.15, 0.2) is 5.76 Å². The monoisotopic (exact) mass is 300 g/mol. The molecule has 4 nitrogen and oxygen atoms in total. The van der Waals surface area contributed by atoms with Crippen LogP contribution in [0.3, 0.4) is 0 Å². The number of nitrogens with one attached hydrogen (secondary N) is 1. The summed E-state index contributed by atoms with van der Waals surface area (Å²) in [5, 5.41) is 4.34. The van der Waals surface area contributed by atoms with Crippen molar-refractivity contribution in [3.63, 3.8) is 0 Å². The topological polar surface area (TPSA) is 47.3 Å². The molecule has 0 spiro atoms. The van der Waals surface area contributed by atoms with Gasteiger partial charge in [-0.1, -0.05) is 23.2 Å². The first-order chi connectivity index (χ1) is 9.20. The van der Waals surface area contributed by atoms with E-state index < -0.39 is 0 Å². The molecule has 0 bridgehead atoms. The largest absolute Gasteiger partial charge is 0.439 e. The normalized spacial score (nSPS) is 10.9. The lowest BCUT2D eigenvalue weighted by molar-refractivity contribution is 0.198. The molecule has 0 unspecified atom stereocenters. The fraction of sp³-hybridized carbons (Fsp3) is 0.308. The Hall–Kier alpha value is -1.07. The van der Waals surface area contributed by atoms with E-state index in [1.54, 1.807) is 31.5 Å². The number of halogens is 2. The maximum Gasteiger partial charge on any atom is 0.208 e. The van der Waals surface area contributed by atoms with Gasteiger partial charge < -0.3 is 14.5 Å². The number of aromatic nitrogens is 1.